The number of rotatable bonds is 3. The second-order valence-corrected chi connectivity index (χ2v) is 5.01. The highest BCUT2D eigenvalue weighted by molar-refractivity contribution is 5.64. The number of nitro benzene ring substituents is 1. The lowest BCUT2D eigenvalue weighted by Crippen LogP contribution is -2.23. The van der Waals surface area contributed by atoms with Gasteiger partial charge in [-0.2, -0.15) is 0 Å². The number of para-hydroxylation sites is 2. The molecule has 1 heterocycles. The average Bonchev–Trinajstić information content (AvgIpc) is 2.97. The third kappa shape index (κ3) is 2.25. The van der Waals surface area contributed by atoms with Gasteiger partial charge in [0.1, 0.15) is 5.69 Å². The van der Waals surface area contributed by atoms with E-state index in [1.807, 2.05) is 30.3 Å². The van der Waals surface area contributed by atoms with Gasteiger partial charge in [-0.15, -0.1) is 0 Å². The molecule has 0 radical (unpaired) electrons. The fraction of sp³-hybridized carbons (Fsp3) is 0.250. The minimum atomic E-state index is -0.296. The Morgan fingerprint density at radius 1 is 1.05 bits per heavy atom. The maximum Gasteiger partial charge on any atom is 0.292 e. The van der Waals surface area contributed by atoms with Crippen molar-refractivity contribution in [3.63, 3.8) is 0 Å². The van der Waals surface area contributed by atoms with Crippen LogP contribution in [0.4, 0.5) is 11.4 Å². The van der Waals surface area contributed by atoms with Crippen LogP contribution < -0.4 is 4.90 Å². The van der Waals surface area contributed by atoms with Crippen LogP contribution in [0.5, 0.6) is 0 Å². The summed E-state index contributed by atoms with van der Waals surface area (Å²) < 4.78 is 0. The van der Waals surface area contributed by atoms with Crippen LogP contribution in [0.2, 0.25) is 0 Å². The van der Waals surface area contributed by atoms with Crippen LogP contribution >= 0.6 is 0 Å². The summed E-state index contributed by atoms with van der Waals surface area (Å²) in [6.45, 7) is 0.865. The molecule has 0 aromatic heterocycles. The van der Waals surface area contributed by atoms with E-state index < -0.39 is 0 Å². The predicted molar refractivity (Wildman–Crippen MR) is 78.9 cm³/mol. The Bertz CT molecular complexity index is 613. The quantitative estimate of drug-likeness (QED) is 0.625. The number of hydrogen-bond acceptors (Lipinski definition) is 3. The standard InChI is InChI=1S/C16H16N2O2/c19-18(20)16-10-5-4-9-15(16)17-12-6-11-14(17)13-7-2-1-3-8-13/h1-5,7-10,14H,6,11-12H2. The summed E-state index contributed by atoms with van der Waals surface area (Å²) in [5, 5.41) is 11.2. The van der Waals surface area contributed by atoms with E-state index in [9.17, 15) is 10.1 Å². The van der Waals surface area contributed by atoms with Gasteiger partial charge in [-0.3, -0.25) is 10.1 Å². The molecule has 2 aromatic rings. The van der Waals surface area contributed by atoms with Crippen LogP contribution in [0.3, 0.4) is 0 Å². The molecule has 1 fully saturated rings. The molecule has 102 valence electrons. The van der Waals surface area contributed by atoms with Crippen molar-refractivity contribution in [2.75, 3.05) is 11.4 Å². The molecule has 1 unspecified atom stereocenters. The molecule has 0 bridgehead atoms. The zero-order chi connectivity index (χ0) is 13.9. The first kappa shape index (κ1) is 12.7. The second-order valence-electron chi connectivity index (χ2n) is 5.01. The van der Waals surface area contributed by atoms with Crippen LogP contribution in [0.15, 0.2) is 54.6 Å². The molecule has 0 saturated carbocycles. The molecular formula is C16H16N2O2. The van der Waals surface area contributed by atoms with Crippen molar-refractivity contribution in [1.29, 1.82) is 0 Å². The van der Waals surface area contributed by atoms with Crippen molar-refractivity contribution in [3.8, 4) is 0 Å². The van der Waals surface area contributed by atoms with Crippen molar-refractivity contribution in [2.24, 2.45) is 0 Å². The Balaban J connectivity index is 1.99. The van der Waals surface area contributed by atoms with Gasteiger partial charge in [-0.05, 0) is 24.5 Å². The Morgan fingerprint density at radius 2 is 1.75 bits per heavy atom. The lowest BCUT2D eigenvalue weighted by atomic mass is 10.0. The topological polar surface area (TPSA) is 46.4 Å². The van der Waals surface area contributed by atoms with E-state index in [2.05, 4.69) is 17.0 Å². The van der Waals surface area contributed by atoms with Gasteiger partial charge >= 0.3 is 0 Å². The molecule has 2 aromatic carbocycles. The molecule has 1 atom stereocenters. The predicted octanol–water partition coefficient (Wildman–Crippen LogP) is 3.94. The number of benzene rings is 2. The second kappa shape index (κ2) is 5.33. The van der Waals surface area contributed by atoms with Crippen LogP contribution in [0.1, 0.15) is 24.4 Å². The zero-order valence-electron chi connectivity index (χ0n) is 11.1. The fourth-order valence-electron chi connectivity index (χ4n) is 2.94. The fourth-order valence-corrected chi connectivity index (χ4v) is 2.94. The van der Waals surface area contributed by atoms with E-state index in [1.54, 1.807) is 12.1 Å². The van der Waals surface area contributed by atoms with Crippen LogP contribution in [-0.2, 0) is 0 Å². The lowest BCUT2D eigenvalue weighted by molar-refractivity contribution is -0.384. The first-order valence-corrected chi connectivity index (χ1v) is 6.82. The van der Waals surface area contributed by atoms with Gasteiger partial charge in [0.05, 0.1) is 11.0 Å². The SMILES string of the molecule is O=[N+]([O-])c1ccccc1N1CCCC1c1ccccc1. The molecule has 20 heavy (non-hydrogen) atoms. The van der Waals surface area contributed by atoms with Gasteiger partial charge in [-0.25, -0.2) is 0 Å². The van der Waals surface area contributed by atoms with Crippen molar-refractivity contribution in [1.82, 2.24) is 0 Å². The molecule has 0 N–H and O–H groups in total. The molecule has 4 heteroatoms. The minimum absolute atomic E-state index is 0.190. The summed E-state index contributed by atoms with van der Waals surface area (Å²) >= 11 is 0. The zero-order valence-corrected chi connectivity index (χ0v) is 11.1. The van der Waals surface area contributed by atoms with E-state index in [0.29, 0.717) is 0 Å². The third-order valence-corrected chi connectivity index (χ3v) is 3.83. The van der Waals surface area contributed by atoms with Gasteiger partial charge in [-0.1, -0.05) is 42.5 Å². The summed E-state index contributed by atoms with van der Waals surface area (Å²) in [4.78, 5) is 13.1. The summed E-state index contributed by atoms with van der Waals surface area (Å²) in [7, 11) is 0. The Hall–Kier alpha value is -2.36. The van der Waals surface area contributed by atoms with E-state index >= 15 is 0 Å². The molecule has 0 amide bonds. The highest BCUT2D eigenvalue weighted by atomic mass is 16.6. The molecule has 1 saturated heterocycles. The normalized spacial score (nSPS) is 18.2. The number of nitro groups is 1. The first-order valence-electron chi connectivity index (χ1n) is 6.82. The highest BCUT2D eigenvalue weighted by Crippen LogP contribution is 2.39. The molecule has 4 nitrogen and oxygen atoms in total. The van der Waals surface area contributed by atoms with E-state index in [0.717, 1.165) is 25.1 Å². The van der Waals surface area contributed by atoms with Crippen molar-refractivity contribution in [2.45, 2.75) is 18.9 Å². The number of hydrogen-bond donors (Lipinski definition) is 0. The van der Waals surface area contributed by atoms with E-state index in [1.165, 1.54) is 5.56 Å². The Morgan fingerprint density at radius 3 is 2.50 bits per heavy atom. The molecule has 1 aliphatic heterocycles. The maximum atomic E-state index is 11.2. The maximum absolute atomic E-state index is 11.2. The number of anilines is 1. The van der Waals surface area contributed by atoms with Crippen molar-refractivity contribution < 1.29 is 4.92 Å². The molecule has 1 aliphatic rings. The van der Waals surface area contributed by atoms with Gasteiger partial charge in [0.25, 0.3) is 5.69 Å². The third-order valence-electron chi connectivity index (χ3n) is 3.83. The van der Waals surface area contributed by atoms with Gasteiger partial charge in [0.2, 0.25) is 0 Å². The van der Waals surface area contributed by atoms with Gasteiger partial charge in [0.15, 0.2) is 0 Å². The molecular weight excluding hydrogens is 252 g/mol. The van der Waals surface area contributed by atoms with E-state index in [4.69, 9.17) is 0 Å². The number of nitrogens with zero attached hydrogens (tertiary/aromatic N) is 2. The van der Waals surface area contributed by atoms with Crippen LogP contribution in [0.25, 0.3) is 0 Å². The molecule has 0 spiro atoms. The van der Waals surface area contributed by atoms with Gasteiger partial charge < -0.3 is 4.90 Å². The average molecular weight is 268 g/mol. The minimum Gasteiger partial charge on any atom is -0.359 e. The highest BCUT2D eigenvalue weighted by Gasteiger charge is 2.30. The largest absolute Gasteiger partial charge is 0.359 e. The summed E-state index contributed by atoms with van der Waals surface area (Å²) in [6.07, 6.45) is 2.10. The van der Waals surface area contributed by atoms with Crippen molar-refractivity contribution in [3.05, 3.63) is 70.3 Å². The monoisotopic (exact) mass is 268 g/mol. The van der Waals surface area contributed by atoms with Gasteiger partial charge in [0, 0.05) is 12.6 Å². The Kier molecular flexibility index (Phi) is 3.37. The summed E-state index contributed by atoms with van der Waals surface area (Å²) in [5.41, 5.74) is 2.14. The Labute approximate surface area is 117 Å². The van der Waals surface area contributed by atoms with Crippen LogP contribution in [-0.4, -0.2) is 11.5 Å². The summed E-state index contributed by atoms with van der Waals surface area (Å²) in [6, 6.07) is 17.5. The smallest absolute Gasteiger partial charge is 0.292 e. The lowest BCUT2D eigenvalue weighted by Gasteiger charge is -2.26. The van der Waals surface area contributed by atoms with Crippen molar-refractivity contribution >= 4 is 11.4 Å². The first-order chi connectivity index (χ1) is 9.77. The van der Waals surface area contributed by atoms with Crippen LogP contribution in [0, 0.1) is 10.1 Å². The molecule has 3 rings (SSSR count). The van der Waals surface area contributed by atoms with E-state index in [-0.39, 0.29) is 16.7 Å². The molecule has 0 aliphatic carbocycles. The summed E-state index contributed by atoms with van der Waals surface area (Å²) in [5.74, 6) is 0.